The average molecular weight is 249 g/mol. The molecule has 1 atom stereocenters. The molecule has 1 aromatic rings. The van der Waals surface area contributed by atoms with Crippen molar-refractivity contribution >= 4 is 11.6 Å². The first-order valence-corrected chi connectivity index (χ1v) is 5.48. The van der Waals surface area contributed by atoms with Crippen LogP contribution < -0.4 is 11.3 Å². The van der Waals surface area contributed by atoms with Gasteiger partial charge in [-0.25, -0.2) is 5.43 Å². The Labute approximate surface area is 98.8 Å². The van der Waals surface area contributed by atoms with Crippen molar-refractivity contribution in [3.63, 3.8) is 0 Å². The summed E-state index contributed by atoms with van der Waals surface area (Å²) in [4.78, 5) is 0. The fourth-order valence-corrected chi connectivity index (χ4v) is 1.79. The lowest BCUT2D eigenvalue weighted by atomic mass is 10.0. The molecule has 1 aromatic carbocycles. The number of nitrogens with one attached hydrogen (secondary N) is 1. The van der Waals surface area contributed by atoms with Crippen molar-refractivity contribution in [1.82, 2.24) is 5.43 Å². The zero-order valence-electron chi connectivity index (χ0n) is 9.01. The smallest absolute Gasteiger partial charge is 0.271 e. The largest absolute Gasteiger partial charge is 0.342 e. The van der Waals surface area contributed by atoms with Gasteiger partial charge in [0.1, 0.15) is 6.04 Å². The van der Waals surface area contributed by atoms with Gasteiger partial charge in [0.2, 0.25) is 0 Å². The summed E-state index contributed by atoms with van der Waals surface area (Å²) in [5.74, 6) is 5.10. The number of hydrazine groups is 1. The van der Waals surface area contributed by atoms with E-state index < -0.39 is 11.4 Å². The highest BCUT2D eigenvalue weighted by Crippen LogP contribution is 2.34. The fourth-order valence-electron chi connectivity index (χ4n) is 1.60. The lowest BCUT2D eigenvalue weighted by molar-refractivity contribution is 0.0497. The van der Waals surface area contributed by atoms with Crippen LogP contribution in [0.3, 0.4) is 0 Å². The first-order chi connectivity index (χ1) is 7.49. The van der Waals surface area contributed by atoms with Crippen LogP contribution in [0.15, 0.2) is 24.3 Å². The van der Waals surface area contributed by atoms with Gasteiger partial charge < -0.3 is 0 Å². The highest BCUT2D eigenvalue weighted by molar-refractivity contribution is 6.22. The Morgan fingerprint density at radius 3 is 2.69 bits per heavy atom. The van der Waals surface area contributed by atoms with E-state index in [4.69, 9.17) is 17.4 Å². The summed E-state index contributed by atoms with van der Waals surface area (Å²) >= 11 is 4.99. The molecule has 16 heavy (non-hydrogen) atoms. The Hall–Kier alpha value is -0.710. The first-order valence-electron chi connectivity index (χ1n) is 5.10. The molecular weight excluding hydrogens is 234 g/mol. The molecule has 1 unspecified atom stereocenters. The van der Waals surface area contributed by atoms with Gasteiger partial charge in [0.25, 0.3) is 0 Å². The summed E-state index contributed by atoms with van der Waals surface area (Å²) in [6.45, 7) is 2.03. The van der Waals surface area contributed by atoms with Crippen molar-refractivity contribution in [2.75, 3.05) is 0 Å². The maximum atomic E-state index is 13.0. The van der Waals surface area contributed by atoms with Crippen molar-refractivity contribution in [1.29, 1.82) is 0 Å². The Kier molecular flexibility index (Phi) is 4.65. The van der Waals surface area contributed by atoms with E-state index in [-0.39, 0.29) is 0 Å². The lowest BCUT2D eigenvalue weighted by Gasteiger charge is -2.21. The van der Waals surface area contributed by atoms with E-state index >= 15 is 0 Å². The molecule has 0 saturated heterocycles. The minimum Gasteiger partial charge on any atom is -0.271 e. The molecule has 2 nitrogen and oxygen atoms in total. The Balaban J connectivity index is 2.97. The standard InChI is InChI=1S/C11H15ClF2N2/c1-2-4-8-5-3-6-9(7-8)10(16-15)11(12,13)14/h3,5-7,10,16H,2,4,15H2,1H3. The first kappa shape index (κ1) is 13.4. The van der Waals surface area contributed by atoms with Gasteiger partial charge in [-0.3, -0.25) is 5.84 Å². The van der Waals surface area contributed by atoms with Crippen LogP contribution in [0.2, 0.25) is 0 Å². The van der Waals surface area contributed by atoms with E-state index in [1.165, 1.54) is 0 Å². The maximum Gasteiger partial charge on any atom is 0.342 e. The van der Waals surface area contributed by atoms with Gasteiger partial charge in [-0.05, 0) is 29.1 Å². The van der Waals surface area contributed by atoms with Crippen LogP contribution in [-0.2, 0) is 6.42 Å². The molecule has 0 amide bonds. The molecule has 0 radical (unpaired) electrons. The number of hydrogen-bond donors (Lipinski definition) is 2. The van der Waals surface area contributed by atoms with Crippen LogP contribution in [0, 0.1) is 0 Å². The zero-order valence-corrected chi connectivity index (χ0v) is 9.77. The minimum absolute atomic E-state index is 0.397. The second kappa shape index (κ2) is 5.57. The molecule has 5 heteroatoms. The van der Waals surface area contributed by atoms with Gasteiger partial charge in [-0.15, -0.1) is 0 Å². The normalized spacial score (nSPS) is 13.8. The number of alkyl halides is 3. The molecule has 0 fully saturated rings. The second-order valence-electron chi connectivity index (χ2n) is 3.64. The highest BCUT2D eigenvalue weighted by atomic mass is 35.5. The van der Waals surface area contributed by atoms with Gasteiger partial charge in [-0.1, -0.05) is 37.6 Å². The van der Waals surface area contributed by atoms with E-state index in [0.29, 0.717) is 5.56 Å². The van der Waals surface area contributed by atoms with Gasteiger partial charge in [0, 0.05) is 0 Å². The van der Waals surface area contributed by atoms with Crippen molar-refractivity contribution in [3.05, 3.63) is 35.4 Å². The summed E-state index contributed by atoms with van der Waals surface area (Å²) in [6, 6.07) is 5.54. The van der Waals surface area contributed by atoms with Crippen LogP contribution in [0.4, 0.5) is 8.78 Å². The topological polar surface area (TPSA) is 38.0 Å². The fraction of sp³-hybridized carbons (Fsp3) is 0.455. The van der Waals surface area contributed by atoms with Crippen molar-refractivity contribution < 1.29 is 8.78 Å². The average Bonchev–Trinajstić information content (AvgIpc) is 2.17. The third-order valence-electron chi connectivity index (χ3n) is 2.32. The molecule has 0 bridgehead atoms. The van der Waals surface area contributed by atoms with E-state index in [0.717, 1.165) is 18.4 Å². The zero-order chi connectivity index (χ0) is 12.2. The molecule has 90 valence electrons. The molecule has 1 rings (SSSR count). The molecule has 0 saturated carbocycles. The second-order valence-corrected chi connectivity index (χ2v) is 4.14. The number of aryl methyl sites for hydroxylation is 1. The van der Waals surface area contributed by atoms with Crippen molar-refractivity contribution in [2.45, 2.75) is 31.2 Å². The Morgan fingerprint density at radius 2 is 2.19 bits per heavy atom. The molecule has 3 N–H and O–H groups in total. The highest BCUT2D eigenvalue weighted by Gasteiger charge is 2.37. The van der Waals surface area contributed by atoms with Crippen molar-refractivity contribution in [3.8, 4) is 0 Å². The molecule has 0 aliphatic rings. The van der Waals surface area contributed by atoms with E-state index in [1.54, 1.807) is 18.2 Å². The molecule has 0 spiro atoms. The molecule has 0 heterocycles. The van der Waals surface area contributed by atoms with Crippen LogP contribution in [0.5, 0.6) is 0 Å². The summed E-state index contributed by atoms with van der Waals surface area (Å²) < 4.78 is 26.0. The number of hydrogen-bond acceptors (Lipinski definition) is 2. The minimum atomic E-state index is -3.40. The molecule has 0 aliphatic carbocycles. The SMILES string of the molecule is CCCc1cccc(C(NN)C(F)(F)Cl)c1. The Bertz CT molecular complexity index is 339. The van der Waals surface area contributed by atoms with Crippen LogP contribution in [0.1, 0.15) is 30.5 Å². The van der Waals surface area contributed by atoms with Crippen LogP contribution >= 0.6 is 11.6 Å². The summed E-state index contributed by atoms with van der Waals surface area (Å²) in [5.41, 5.74) is 3.44. The summed E-state index contributed by atoms with van der Waals surface area (Å²) in [5, 5.41) is -3.40. The molecular formula is C11H15ClF2N2. The van der Waals surface area contributed by atoms with Crippen molar-refractivity contribution in [2.24, 2.45) is 5.84 Å². The van der Waals surface area contributed by atoms with Gasteiger partial charge in [0.15, 0.2) is 0 Å². The quantitative estimate of drug-likeness (QED) is 0.478. The van der Waals surface area contributed by atoms with Gasteiger partial charge >= 0.3 is 5.38 Å². The van der Waals surface area contributed by atoms with Crippen LogP contribution in [-0.4, -0.2) is 5.38 Å². The number of rotatable bonds is 5. The van der Waals surface area contributed by atoms with E-state index in [1.807, 2.05) is 18.4 Å². The van der Waals surface area contributed by atoms with E-state index in [2.05, 4.69) is 0 Å². The third kappa shape index (κ3) is 3.40. The summed E-state index contributed by atoms with van der Waals surface area (Å²) in [7, 11) is 0. The number of halogens is 3. The summed E-state index contributed by atoms with van der Waals surface area (Å²) in [6.07, 6.45) is 1.81. The Morgan fingerprint density at radius 1 is 1.50 bits per heavy atom. The number of benzene rings is 1. The molecule has 0 aliphatic heterocycles. The predicted molar refractivity (Wildman–Crippen MR) is 61.3 cm³/mol. The maximum absolute atomic E-state index is 13.0. The van der Waals surface area contributed by atoms with Crippen LogP contribution in [0.25, 0.3) is 0 Å². The van der Waals surface area contributed by atoms with Gasteiger partial charge in [0.05, 0.1) is 0 Å². The molecule has 0 aromatic heterocycles. The van der Waals surface area contributed by atoms with Gasteiger partial charge in [-0.2, -0.15) is 8.78 Å². The number of nitrogens with two attached hydrogens (primary N) is 1. The lowest BCUT2D eigenvalue weighted by Crippen LogP contribution is -2.37. The monoisotopic (exact) mass is 248 g/mol. The predicted octanol–water partition coefficient (Wildman–Crippen LogP) is 2.98. The van der Waals surface area contributed by atoms with E-state index in [9.17, 15) is 8.78 Å². The third-order valence-corrected chi connectivity index (χ3v) is 2.54.